The van der Waals surface area contributed by atoms with Gasteiger partial charge in [0, 0.05) is 19.2 Å². The van der Waals surface area contributed by atoms with Gasteiger partial charge in [-0.3, -0.25) is 5.32 Å². The summed E-state index contributed by atoms with van der Waals surface area (Å²) in [5.74, 6) is 0.750. The number of carbonyl (C=O) groups excluding carboxylic acids is 1. The van der Waals surface area contributed by atoms with Gasteiger partial charge in [0.15, 0.2) is 0 Å². The summed E-state index contributed by atoms with van der Waals surface area (Å²) in [6, 6.07) is 6.02. The van der Waals surface area contributed by atoms with E-state index in [4.69, 9.17) is 14.2 Å². The summed E-state index contributed by atoms with van der Waals surface area (Å²) in [7, 11) is 1.64. The standard InChI is InChI=1S/C18H28N2O4/c1-3-23-18(21)20-16-10-9-15(24-12-11-22-2)13-17(16)19-14-7-5-4-6-8-14/h9-10,13-14,19H,3-8,11-12H2,1-2H3,(H,20,21). The lowest BCUT2D eigenvalue weighted by molar-refractivity contribution is 0.146. The molecule has 2 N–H and O–H groups in total. The highest BCUT2D eigenvalue weighted by molar-refractivity contribution is 5.89. The van der Waals surface area contributed by atoms with E-state index in [9.17, 15) is 4.79 Å². The number of nitrogens with one attached hydrogen (secondary N) is 2. The fourth-order valence-electron chi connectivity index (χ4n) is 2.83. The molecule has 0 spiro atoms. The Hall–Kier alpha value is -1.95. The summed E-state index contributed by atoms with van der Waals surface area (Å²) >= 11 is 0. The van der Waals surface area contributed by atoms with Crippen molar-refractivity contribution in [2.45, 2.75) is 45.1 Å². The van der Waals surface area contributed by atoms with E-state index in [1.807, 2.05) is 18.2 Å². The third-order valence-electron chi connectivity index (χ3n) is 4.02. The van der Waals surface area contributed by atoms with Gasteiger partial charge in [0.25, 0.3) is 0 Å². The van der Waals surface area contributed by atoms with Gasteiger partial charge in [0.1, 0.15) is 12.4 Å². The van der Waals surface area contributed by atoms with Crippen molar-refractivity contribution >= 4 is 17.5 Å². The Kier molecular flexibility index (Phi) is 7.68. The van der Waals surface area contributed by atoms with Gasteiger partial charge < -0.3 is 19.5 Å². The van der Waals surface area contributed by atoms with E-state index in [1.54, 1.807) is 14.0 Å². The van der Waals surface area contributed by atoms with Gasteiger partial charge in [0.2, 0.25) is 0 Å². The van der Waals surface area contributed by atoms with Crippen LogP contribution in [0, 0.1) is 0 Å². The van der Waals surface area contributed by atoms with E-state index in [1.165, 1.54) is 19.3 Å². The number of methoxy groups -OCH3 is 1. The Balaban J connectivity index is 2.09. The van der Waals surface area contributed by atoms with E-state index in [2.05, 4.69) is 10.6 Å². The molecule has 0 heterocycles. The lowest BCUT2D eigenvalue weighted by Crippen LogP contribution is -2.23. The van der Waals surface area contributed by atoms with Gasteiger partial charge in [-0.1, -0.05) is 19.3 Å². The molecule has 1 saturated carbocycles. The highest BCUT2D eigenvalue weighted by Gasteiger charge is 2.16. The first kappa shape index (κ1) is 18.4. The van der Waals surface area contributed by atoms with E-state index >= 15 is 0 Å². The Morgan fingerprint density at radius 2 is 1.96 bits per heavy atom. The molecule has 1 aliphatic rings. The van der Waals surface area contributed by atoms with Gasteiger partial charge in [-0.15, -0.1) is 0 Å². The quantitative estimate of drug-likeness (QED) is 0.702. The first-order valence-corrected chi connectivity index (χ1v) is 8.69. The van der Waals surface area contributed by atoms with Crippen LogP contribution in [0.1, 0.15) is 39.0 Å². The van der Waals surface area contributed by atoms with Crippen molar-refractivity contribution in [2.75, 3.05) is 37.6 Å². The molecule has 0 unspecified atom stereocenters. The molecule has 1 fully saturated rings. The number of hydrogen-bond donors (Lipinski definition) is 2. The fourth-order valence-corrected chi connectivity index (χ4v) is 2.83. The zero-order valence-electron chi connectivity index (χ0n) is 14.6. The van der Waals surface area contributed by atoms with Crippen LogP contribution in [0.4, 0.5) is 16.2 Å². The lowest BCUT2D eigenvalue weighted by Gasteiger charge is -2.25. The average Bonchev–Trinajstić information content (AvgIpc) is 2.58. The molecule has 24 heavy (non-hydrogen) atoms. The highest BCUT2D eigenvalue weighted by atomic mass is 16.5. The molecule has 0 bridgehead atoms. The molecule has 6 heteroatoms. The second-order valence-corrected chi connectivity index (χ2v) is 5.87. The molecule has 0 aliphatic heterocycles. The van der Waals surface area contributed by atoms with Crippen molar-refractivity contribution in [3.63, 3.8) is 0 Å². The molecule has 2 rings (SSSR count). The highest BCUT2D eigenvalue weighted by Crippen LogP contribution is 2.30. The van der Waals surface area contributed by atoms with Gasteiger partial charge in [-0.25, -0.2) is 4.79 Å². The van der Waals surface area contributed by atoms with E-state index < -0.39 is 6.09 Å². The van der Waals surface area contributed by atoms with E-state index in [0.29, 0.717) is 31.5 Å². The van der Waals surface area contributed by atoms with Gasteiger partial charge in [-0.2, -0.15) is 0 Å². The molecule has 134 valence electrons. The third kappa shape index (κ3) is 5.92. The topological polar surface area (TPSA) is 68.8 Å². The molecular weight excluding hydrogens is 308 g/mol. The number of hydrogen-bond acceptors (Lipinski definition) is 5. The molecular formula is C18H28N2O4. The summed E-state index contributed by atoms with van der Waals surface area (Å²) in [4.78, 5) is 11.7. The van der Waals surface area contributed by atoms with Crippen LogP contribution in [0.2, 0.25) is 0 Å². The van der Waals surface area contributed by atoms with Crippen molar-refractivity contribution in [1.29, 1.82) is 0 Å². The normalized spacial score (nSPS) is 14.9. The second-order valence-electron chi connectivity index (χ2n) is 5.87. The zero-order valence-corrected chi connectivity index (χ0v) is 14.6. The second kappa shape index (κ2) is 10.0. The largest absolute Gasteiger partial charge is 0.491 e. The maximum Gasteiger partial charge on any atom is 0.411 e. The average molecular weight is 336 g/mol. The van der Waals surface area contributed by atoms with Gasteiger partial charge in [-0.05, 0) is 31.9 Å². The number of anilines is 2. The van der Waals surface area contributed by atoms with Crippen LogP contribution < -0.4 is 15.4 Å². The predicted octanol–water partition coefficient (Wildman–Crippen LogP) is 4.02. The van der Waals surface area contributed by atoms with E-state index in [-0.39, 0.29) is 0 Å². The Bertz CT molecular complexity index is 516. The SMILES string of the molecule is CCOC(=O)Nc1ccc(OCCOC)cc1NC1CCCCC1. The number of benzene rings is 1. The van der Waals surface area contributed by atoms with Crippen LogP contribution in [-0.4, -0.2) is 39.1 Å². The smallest absolute Gasteiger partial charge is 0.411 e. The number of rotatable bonds is 8. The van der Waals surface area contributed by atoms with Crippen LogP contribution in [0.15, 0.2) is 18.2 Å². The van der Waals surface area contributed by atoms with Gasteiger partial charge >= 0.3 is 6.09 Å². The van der Waals surface area contributed by atoms with E-state index in [0.717, 1.165) is 24.3 Å². The zero-order chi connectivity index (χ0) is 17.2. The minimum Gasteiger partial charge on any atom is -0.491 e. The van der Waals surface area contributed by atoms with Crippen LogP contribution in [0.3, 0.4) is 0 Å². The van der Waals surface area contributed by atoms with Crippen LogP contribution in [0.25, 0.3) is 0 Å². The van der Waals surface area contributed by atoms with Crippen LogP contribution >= 0.6 is 0 Å². The summed E-state index contributed by atoms with van der Waals surface area (Å²) in [5, 5.41) is 6.34. The van der Waals surface area contributed by atoms with Gasteiger partial charge in [0.05, 0.1) is 24.6 Å². The summed E-state index contributed by atoms with van der Waals surface area (Å²) in [5.41, 5.74) is 1.57. The summed E-state index contributed by atoms with van der Waals surface area (Å²) < 4.78 is 15.7. The molecule has 1 aliphatic carbocycles. The first-order valence-electron chi connectivity index (χ1n) is 8.69. The van der Waals surface area contributed by atoms with Crippen molar-refractivity contribution in [1.82, 2.24) is 0 Å². The number of carbonyl (C=O) groups is 1. The first-order chi connectivity index (χ1) is 11.7. The molecule has 1 amide bonds. The predicted molar refractivity (Wildman–Crippen MR) is 95.0 cm³/mol. The molecule has 0 aromatic heterocycles. The Labute approximate surface area is 143 Å². The van der Waals surface area contributed by atoms with Crippen molar-refractivity contribution < 1.29 is 19.0 Å². The Morgan fingerprint density at radius 3 is 2.67 bits per heavy atom. The minimum atomic E-state index is -0.447. The lowest BCUT2D eigenvalue weighted by atomic mass is 9.95. The number of ether oxygens (including phenoxy) is 3. The molecule has 1 aromatic rings. The van der Waals surface area contributed by atoms with Crippen LogP contribution in [0.5, 0.6) is 5.75 Å². The Morgan fingerprint density at radius 1 is 1.17 bits per heavy atom. The molecule has 0 saturated heterocycles. The number of amides is 1. The fraction of sp³-hybridized carbons (Fsp3) is 0.611. The molecule has 1 aromatic carbocycles. The molecule has 0 atom stereocenters. The molecule has 0 radical (unpaired) electrons. The van der Waals surface area contributed by atoms with Crippen molar-refractivity contribution in [3.8, 4) is 5.75 Å². The minimum absolute atomic E-state index is 0.343. The molecule has 6 nitrogen and oxygen atoms in total. The van der Waals surface area contributed by atoms with Crippen LogP contribution in [-0.2, 0) is 9.47 Å². The maximum absolute atomic E-state index is 11.7. The van der Waals surface area contributed by atoms with Crippen molar-refractivity contribution in [2.24, 2.45) is 0 Å². The third-order valence-corrected chi connectivity index (χ3v) is 4.02. The monoisotopic (exact) mass is 336 g/mol. The summed E-state index contributed by atoms with van der Waals surface area (Å²) in [6.45, 7) is 3.15. The summed E-state index contributed by atoms with van der Waals surface area (Å²) in [6.07, 6.45) is 5.62. The maximum atomic E-state index is 11.7. The van der Waals surface area contributed by atoms with Crippen molar-refractivity contribution in [3.05, 3.63) is 18.2 Å².